The number of thiazole rings is 1. The highest BCUT2D eigenvalue weighted by Crippen LogP contribution is 2.30. The zero-order valence-corrected chi connectivity index (χ0v) is 19.9. The van der Waals surface area contributed by atoms with Crippen molar-refractivity contribution in [3.05, 3.63) is 90.1 Å². The van der Waals surface area contributed by atoms with Crippen LogP contribution in [0.1, 0.15) is 16.1 Å². The summed E-state index contributed by atoms with van der Waals surface area (Å²) in [5, 5.41) is 6.99. The van der Waals surface area contributed by atoms with E-state index < -0.39 is 0 Å². The van der Waals surface area contributed by atoms with E-state index in [1.54, 1.807) is 16.0 Å². The molecule has 166 valence electrons. The van der Waals surface area contributed by atoms with Crippen LogP contribution in [0, 0.1) is 6.92 Å². The average molecular weight is 482 g/mol. The fourth-order valence-corrected chi connectivity index (χ4v) is 5.66. The van der Waals surface area contributed by atoms with Crippen LogP contribution >= 0.6 is 23.1 Å². The molecular formula is C26H19N5OS2. The van der Waals surface area contributed by atoms with Gasteiger partial charge < -0.3 is 4.98 Å². The molecule has 0 spiro atoms. The normalized spacial score (nSPS) is 11.4. The Labute approximate surface area is 203 Å². The van der Waals surface area contributed by atoms with E-state index in [0.717, 1.165) is 43.1 Å². The number of aryl methyl sites for hydroxylation is 1. The van der Waals surface area contributed by atoms with Crippen LogP contribution in [0.2, 0.25) is 0 Å². The van der Waals surface area contributed by atoms with Gasteiger partial charge in [0, 0.05) is 27.7 Å². The van der Waals surface area contributed by atoms with Crippen molar-refractivity contribution in [2.45, 2.75) is 12.1 Å². The third kappa shape index (κ3) is 3.70. The summed E-state index contributed by atoms with van der Waals surface area (Å²) < 4.78 is 2.87. The second-order valence-electron chi connectivity index (χ2n) is 7.84. The lowest BCUT2D eigenvalue weighted by Crippen LogP contribution is -2.04. The van der Waals surface area contributed by atoms with Crippen LogP contribution in [0.3, 0.4) is 0 Å². The molecule has 0 bridgehead atoms. The lowest BCUT2D eigenvalue weighted by molar-refractivity contribution is 0.102. The number of rotatable bonds is 6. The predicted octanol–water partition coefficient (Wildman–Crippen LogP) is 6.31. The first kappa shape index (κ1) is 20.8. The molecule has 3 aromatic heterocycles. The minimum absolute atomic E-state index is 0.0533. The number of hydrogen-bond acceptors (Lipinski definition) is 6. The van der Waals surface area contributed by atoms with Crippen molar-refractivity contribution in [1.82, 2.24) is 24.7 Å². The number of carbonyl (C=O) groups is 1. The predicted molar refractivity (Wildman–Crippen MR) is 138 cm³/mol. The maximum Gasteiger partial charge on any atom is 0.213 e. The average Bonchev–Trinajstić information content (AvgIpc) is 3.57. The third-order valence-corrected chi connectivity index (χ3v) is 7.44. The van der Waals surface area contributed by atoms with Gasteiger partial charge >= 0.3 is 0 Å². The van der Waals surface area contributed by atoms with Gasteiger partial charge in [-0.2, -0.15) is 4.68 Å². The number of carbonyl (C=O) groups excluding carboxylic acids is 1. The van der Waals surface area contributed by atoms with Crippen molar-refractivity contribution in [3.8, 4) is 16.5 Å². The molecule has 8 heteroatoms. The highest BCUT2D eigenvalue weighted by atomic mass is 32.2. The molecule has 0 atom stereocenters. The summed E-state index contributed by atoms with van der Waals surface area (Å²) in [5.74, 6) is 1.01. The molecule has 0 saturated carbocycles. The van der Waals surface area contributed by atoms with Crippen LogP contribution in [-0.2, 0) is 0 Å². The Balaban J connectivity index is 1.34. The van der Waals surface area contributed by atoms with Crippen LogP contribution < -0.4 is 0 Å². The molecule has 0 unspecified atom stereocenters. The minimum Gasteiger partial charge on any atom is -0.358 e. The molecule has 1 N–H and O–H groups in total. The summed E-state index contributed by atoms with van der Waals surface area (Å²) in [6.45, 7) is 1.94. The van der Waals surface area contributed by atoms with Crippen molar-refractivity contribution < 1.29 is 4.79 Å². The summed E-state index contributed by atoms with van der Waals surface area (Å²) in [7, 11) is 0. The number of aromatic nitrogens is 5. The Hall–Kier alpha value is -3.75. The molecule has 0 saturated heterocycles. The Morgan fingerprint density at radius 1 is 0.971 bits per heavy atom. The van der Waals surface area contributed by atoms with E-state index in [1.165, 1.54) is 11.8 Å². The topological polar surface area (TPSA) is 76.5 Å². The number of fused-ring (bicyclic) bond motifs is 2. The lowest BCUT2D eigenvalue weighted by Gasteiger charge is -2.01. The van der Waals surface area contributed by atoms with Gasteiger partial charge in [0.05, 0.1) is 16.0 Å². The molecule has 6 nitrogen and oxygen atoms in total. The Kier molecular flexibility index (Phi) is 5.24. The van der Waals surface area contributed by atoms with Gasteiger partial charge in [0.15, 0.2) is 11.6 Å². The SMILES string of the molecule is Cc1[nH]c2ccccc2c1C(=O)CSc1nc(-c2ccccc2)n(-c2nc3ccccc3s2)n1. The molecule has 0 aliphatic rings. The van der Waals surface area contributed by atoms with Crippen molar-refractivity contribution in [2.24, 2.45) is 0 Å². The zero-order chi connectivity index (χ0) is 23.1. The van der Waals surface area contributed by atoms with Gasteiger partial charge in [-0.1, -0.05) is 83.8 Å². The number of nitrogens with zero attached hydrogens (tertiary/aromatic N) is 4. The van der Waals surface area contributed by atoms with E-state index in [-0.39, 0.29) is 11.5 Å². The third-order valence-electron chi connectivity index (χ3n) is 5.59. The number of hydrogen-bond donors (Lipinski definition) is 1. The lowest BCUT2D eigenvalue weighted by atomic mass is 10.1. The number of H-pyrrole nitrogens is 1. The summed E-state index contributed by atoms with van der Waals surface area (Å²) in [6.07, 6.45) is 0. The number of thioether (sulfide) groups is 1. The standard InChI is InChI=1S/C26H19N5OS2/c1-16-23(18-11-5-6-12-19(18)27-16)21(32)15-33-25-29-24(17-9-3-2-4-10-17)31(30-25)26-28-20-13-7-8-14-22(20)34-26/h2-14,27H,15H2,1H3. The van der Waals surface area contributed by atoms with E-state index in [4.69, 9.17) is 15.1 Å². The van der Waals surface area contributed by atoms with Gasteiger partial charge in [0.25, 0.3) is 0 Å². The van der Waals surface area contributed by atoms with Crippen LogP contribution in [0.5, 0.6) is 0 Å². The molecule has 0 aliphatic heterocycles. The summed E-state index contributed by atoms with van der Waals surface area (Å²) in [6, 6.07) is 25.8. The van der Waals surface area contributed by atoms with Crippen molar-refractivity contribution in [1.29, 1.82) is 0 Å². The van der Waals surface area contributed by atoms with Crippen LogP contribution in [0.25, 0.3) is 37.6 Å². The monoisotopic (exact) mass is 481 g/mol. The van der Waals surface area contributed by atoms with E-state index in [9.17, 15) is 4.79 Å². The minimum atomic E-state index is 0.0533. The first-order valence-corrected chi connectivity index (χ1v) is 12.6. The molecule has 34 heavy (non-hydrogen) atoms. The maximum atomic E-state index is 13.1. The Morgan fingerprint density at radius 3 is 2.59 bits per heavy atom. The Morgan fingerprint density at radius 2 is 1.74 bits per heavy atom. The molecule has 6 aromatic rings. The van der Waals surface area contributed by atoms with E-state index >= 15 is 0 Å². The molecular weight excluding hydrogens is 462 g/mol. The van der Waals surface area contributed by atoms with Crippen LogP contribution in [-0.4, -0.2) is 36.3 Å². The fraction of sp³-hybridized carbons (Fsp3) is 0.0769. The van der Waals surface area contributed by atoms with Crippen molar-refractivity contribution in [2.75, 3.05) is 5.75 Å². The van der Waals surface area contributed by atoms with Gasteiger partial charge in [0.2, 0.25) is 10.3 Å². The largest absolute Gasteiger partial charge is 0.358 e. The van der Waals surface area contributed by atoms with Crippen molar-refractivity contribution >= 4 is 50.0 Å². The number of ketones is 1. The van der Waals surface area contributed by atoms with Crippen LogP contribution in [0.15, 0.2) is 84.0 Å². The summed E-state index contributed by atoms with van der Waals surface area (Å²) >= 11 is 2.91. The molecule has 3 aromatic carbocycles. The first-order chi connectivity index (χ1) is 16.7. The molecule has 0 amide bonds. The molecule has 0 radical (unpaired) electrons. The number of Topliss-reactive ketones (excluding diaryl/α,β-unsaturated/α-hetero) is 1. The Bertz CT molecular complexity index is 1620. The second kappa shape index (κ2) is 8.55. The summed E-state index contributed by atoms with van der Waals surface area (Å²) in [4.78, 5) is 26.0. The zero-order valence-electron chi connectivity index (χ0n) is 18.2. The highest BCUT2D eigenvalue weighted by molar-refractivity contribution is 7.99. The fourth-order valence-electron chi connectivity index (χ4n) is 4.05. The van der Waals surface area contributed by atoms with Gasteiger partial charge in [0.1, 0.15) is 0 Å². The molecule has 0 aliphatic carbocycles. The van der Waals surface area contributed by atoms with Gasteiger partial charge in [-0.3, -0.25) is 4.79 Å². The van der Waals surface area contributed by atoms with Gasteiger partial charge in [-0.25, -0.2) is 9.97 Å². The quantitative estimate of drug-likeness (QED) is 0.223. The molecule has 3 heterocycles. The first-order valence-electron chi connectivity index (χ1n) is 10.8. The van der Waals surface area contributed by atoms with E-state index in [1.807, 2.05) is 85.8 Å². The van der Waals surface area contributed by atoms with Crippen LogP contribution in [0.4, 0.5) is 0 Å². The number of benzene rings is 3. The van der Waals surface area contributed by atoms with E-state index in [2.05, 4.69) is 4.98 Å². The van der Waals surface area contributed by atoms with Gasteiger partial charge in [-0.15, -0.1) is 5.10 Å². The van der Waals surface area contributed by atoms with E-state index in [0.29, 0.717) is 11.0 Å². The summed E-state index contributed by atoms with van der Waals surface area (Å²) in [5.41, 5.74) is 4.45. The van der Waals surface area contributed by atoms with Gasteiger partial charge in [-0.05, 0) is 25.1 Å². The van der Waals surface area contributed by atoms with Crippen molar-refractivity contribution in [3.63, 3.8) is 0 Å². The smallest absolute Gasteiger partial charge is 0.213 e. The molecule has 6 rings (SSSR count). The maximum absolute atomic E-state index is 13.1. The highest BCUT2D eigenvalue weighted by Gasteiger charge is 2.20. The molecule has 0 fully saturated rings. The number of nitrogens with one attached hydrogen (secondary N) is 1. The number of para-hydroxylation sites is 2. The number of aromatic amines is 1. The second-order valence-corrected chi connectivity index (χ2v) is 9.79.